The maximum Gasteiger partial charge on any atom is 0.323 e. The van der Waals surface area contributed by atoms with Gasteiger partial charge in [-0.3, -0.25) is 9.59 Å². The zero-order chi connectivity index (χ0) is 12.8. The highest BCUT2D eigenvalue weighted by Crippen LogP contribution is 2.15. The molecule has 0 saturated heterocycles. The first kappa shape index (κ1) is 13.0. The van der Waals surface area contributed by atoms with Gasteiger partial charge in [-0.2, -0.15) is 0 Å². The minimum absolute atomic E-state index is 0.0822. The molecule has 0 heterocycles. The van der Waals surface area contributed by atoms with Crippen LogP contribution in [0.2, 0.25) is 0 Å². The molecular weight excluding hydrogens is 222 g/mol. The number of carbonyl (C=O) groups is 2. The Kier molecular flexibility index (Phi) is 4.51. The number of anilines is 1. The lowest BCUT2D eigenvalue weighted by Gasteiger charge is -2.22. The molecule has 0 fully saturated rings. The average molecular weight is 237 g/mol. The minimum atomic E-state index is -0.976. The summed E-state index contributed by atoms with van der Waals surface area (Å²) in [5.41, 5.74) is 1.79. The van der Waals surface area contributed by atoms with E-state index < -0.39 is 11.9 Å². The summed E-state index contributed by atoms with van der Waals surface area (Å²) in [5, 5.41) is 17.4. The van der Waals surface area contributed by atoms with Crippen LogP contribution in [0, 0.1) is 6.92 Å². The summed E-state index contributed by atoms with van der Waals surface area (Å²) in [4.78, 5) is 22.7. The average Bonchev–Trinajstić information content (AvgIpc) is 2.25. The highest BCUT2D eigenvalue weighted by Gasteiger charge is 2.11. The van der Waals surface area contributed by atoms with Gasteiger partial charge in [-0.15, -0.1) is 0 Å². The minimum Gasteiger partial charge on any atom is -0.481 e. The second-order valence-corrected chi connectivity index (χ2v) is 3.79. The summed E-state index contributed by atoms with van der Waals surface area (Å²) < 4.78 is 0. The van der Waals surface area contributed by atoms with Crippen LogP contribution >= 0.6 is 0 Å². The Morgan fingerprint density at radius 1 is 1.12 bits per heavy atom. The molecule has 0 unspecified atom stereocenters. The van der Waals surface area contributed by atoms with Crippen molar-refractivity contribution in [2.75, 3.05) is 18.0 Å². The van der Waals surface area contributed by atoms with Crippen molar-refractivity contribution in [1.29, 1.82) is 0 Å². The van der Waals surface area contributed by atoms with Crippen LogP contribution in [0.3, 0.4) is 0 Å². The van der Waals surface area contributed by atoms with Crippen molar-refractivity contribution in [3.8, 4) is 0 Å². The Morgan fingerprint density at radius 2 is 1.71 bits per heavy atom. The molecule has 0 aromatic heterocycles. The highest BCUT2D eigenvalue weighted by molar-refractivity contribution is 5.74. The summed E-state index contributed by atoms with van der Waals surface area (Å²) >= 11 is 0. The highest BCUT2D eigenvalue weighted by atomic mass is 16.4. The van der Waals surface area contributed by atoms with Crippen LogP contribution in [0.1, 0.15) is 12.0 Å². The van der Waals surface area contributed by atoms with Crippen molar-refractivity contribution in [1.82, 2.24) is 0 Å². The van der Waals surface area contributed by atoms with E-state index in [4.69, 9.17) is 10.2 Å². The monoisotopic (exact) mass is 237 g/mol. The third-order valence-corrected chi connectivity index (χ3v) is 2.32. The second kappa shape index (κ2) is 5.89. The molecule has 5 heteroatoms. The molecule has 0 radical (unpaired) electrons. The fraction of sp³-hybridized carbons (Fsp3) is 0.333. The first-order chi connectivity index (χ1) is 7.99. The number of carboxylic acids is 2. The van der Waals surface area contributed by atoms with E-state index in [1.54, 1.807) is 12.1 Å². The van der Waals surface area contributed by atoms with E-state index >= 15 is 0 Å². The number of aliphatic carboxylic acids is 2. The molecule has 0 spiro atoms. The van der Waals surface area contributed by atoms with Gasteiger partial charge >= 0.3 is 11.9 Å². The molecule has 0 amide bonds. The first-order valence-corrected chi connectivity index (χ1v) is 5.24. The van der Waals surface area contributed by atoms with Crippen LogP contribution < -0.4 is 4.90 Å². The van der Waals surface area contributed by atoms with Gasteiger partial charge in [0.2, 0.25) is 0 Å². The topological polar surface area (TPSA) is 77.8 Å². The van der Waals surface area contributed by atoms with Crippen molar-refractivity contribution >= 4 is 17.6 Å². The van der Waals surface area contributed by atoms with Crippen molar-refractivity contribution in [3.63, 3.8) is 0 Å². The van der Waals surface area contributed by atoms with Crippen LogP contribution in [0.5, 0.6) is 0 Å². The van der Waals surface area contributed by atoms with Crippen LogP contribution in [0.25, 0.3) is 0 Å². The zero-order valence-corrected chi connectivity index (χ0v) is 9.59. The van der Waals surface area contributed by atoms with Crippen LogP contribution in [0.4, 0.5) is 5.69 Å². The molecule has 0 atom stereocenters. The van der Waals surface area contributed by atoms with Crippen LogP contribution in [-0.2, 0) is 9.59 Å². The molecule has 0 aliphatic heterocycles. The van der Waals surface area contributed by atoms with Gasteiger partial charge in [-0.25, -0.2) is 0 Å². The zero-order valence-electron chi connectivity index (χ0n) is 9.59. The van der Waals surface area contributed by atoms with Gasteiger partial charge in [0.1, 0.15) is 6.54 Å². The molecule has 0 saturated carbocycles. The van der Waals surface area contributed by atoms with Gasteiger partial charge < -0.3 is 15.1 Å². The van der Waals surface area contributed by atoms with Gasteiger partial charge in [0.25, 0.3) is 0 Å². The van der Waals surface area contributed by atoms with E-state index in [1.165, 1.54) is 4.90 Å². The maximum atomic E-state index is 10.7. The fourth-order valence-corrected chi connectivity index (χ4v) is 1.45. The van der Waals surface area contributed by atoms with Gasteiger partial charge in [-0.1, -0.05) is 17.7 Å². The molecule has 0 aliphatic rings. The first-order valence-electron chi connectivity index (χ1n) is 5.24. The van der Waals surface area contributed by atoms with Gasteiger partial charge in [0, 0.05) is 12.2 Å². The molecule has 17 heavy (non-hydrogen) atoms. The molecule has 92 valence electrons. The number of benzene rings is 1. The van der Waals surface area contributed by atoms with Crippen molar-refractivity contribution in [2.24, 2.45) is 0 Å². The van der Waals surface area contributed by atoms with Gasteiger partial charge in [-0.05, 0) is 19.1 Å². The summed E-state index contributed by atoms with van der Waals surface area (Å²) in [7, 11) is 0. The molecule has 2 N–H and O–H groups in total. The summed E-state index contributed by atoms with van der Waals surface area (Å²) in [6.07, 6.45) is -0.0822. The molecule has 1 aromatic carbocycles. The molecule has 1 aromatic rings. The maximum absolute atomic E-state index is 10.7. The number of hydrogen-bond acceptors (Lipinski definition) is 3. The largest absolute Gasteiger partial charge is 0.481 e. The van der Waals surface area contributed by atoms with Crippen molar-refractivity contribution < 1.29 is 19.8 Å². The Bertz CT molecular complexity index is 399. The van der Waals surface area contributed by atoms with Crippen molar-refractivity contribution in [2.45, 2.75) is 13.3 Å². The quantitative estimate of drug-likeness (QED) is 0.781. The summed E-state index contributed by atoms with van der Waals surface area (Å²) in [5.74, 6) is -1.91. The van der Waals surface area contributed by atoms with Gasteiger partial charge in [0.15, 0.2) is 0 Å². The number of rotatable bonds is 6. The number of aryl methyl sites for hydroxylation is 1. The van der Waals surface area contributed by atoms with Crippen LogP contribution in [0.15, 0.2) is 24.3 Å². The lowest BCUT2D eigenvalue weighted by Crippen LogP contribution is -2.31. The Labute approximate surface area is 99.3 Å². The van der Waals surface area contributed by atoms with Crippen LogP contribution in [-0.4, -0.2) is 35.2 Å². The molecular formula is C12H15NO4. The second-order valence-electron chi connectivity index (χ2n) is 3.79. The molecule has 1 rings (SSSR count). The lowest BCUT2D eigenvalue weighted by molar-refractivity contribution is -0.138. The lowest BCUT2D eigenvalue weighted by atomic mass is 10.2. The number of hydrogen-bond donors (Lipinski definition) is 2. The third-order valence-electron chi connectivity index (χ3n) is 2.32. The van der Waals surface area contributed by atoms with Gasteiger partial charge in [0.05, 0.1) is 6.42 Å². The Hall–Kier alpha value is -2.04. The summed E-state index contributed by atoms with van der Waals surface area (Å²) in [6, 6.07) is 7.32. The van der Waals surface area contributed by atoms with E-state index in [9.17, 15) is 9.59 Å². The standard InChI is InChI=1S/C12H15NO4/c1-9-2-4-10(5-3-9)13(8-12(16)17)7-6-11(14)15/h2-5H,6-8H2,1H3,(H,14,15)(H,16,17). The van der Waals surface area contributed by atoms with E-state index in [2.05, 4.69) is 0 Å². The van der Waals surface area contributed by atoms with E-state index in [0.29, 0.717) is 0 Å². The Balaban J connectivity index is 2.77. The fourth-order valence-electron chi connectivity index (χ4n) is 1.45. The van der Waals surface area contributed by atoms with E-state index in [-0.39, 0.29) is 19.5 Å². The predicted octanol–water partition coefficient (Wildman–Crippen LogP) is 1.36. The SMILES string of the molecule is Cc1ccc(N(CCC(=O)O)CC(=O)O)cc1. The normalized spacial score (nSPS) is 9.94. The molecule has 5 nitrogen and oxygen atoms in total. The van der Waals surface area contributed by atoms with E-state index in [1.807, 2.05) is 19.1 Å². The van der Waals surface area contributed by atoms with E-state index in [0.717, 1.165) is 11.3 Å². The van der Waals surface area contributed by atoms with Crippen molar-refractivity contribution in [3.05, 3.63) is 29.8 Å². The number of carboxylic acid groups (broad SMARTS) is 2. The summed E-state index contributed by atoms with van der Waals surface area (Å²) in [6.45, 7) is 1.92. The molecule has 0 bridgehead atoms. The smallest absolute Gasteiger partial charge is 0.323 e. The Morgan fingerprint density at radius 3 is 2.18 bits per heavy atom. The molecule has 0 aliphatic carbocycles. The number of nitrogens with zero attached hydrogens (tertiary/aromatic N) is 1. The predicted molar refractivity (Wildman–Crippen MR) is 63.3 cm³/mol. The third kappa shape index (κ3) is 4.55.